The highest BCUT2D eigenvalue weighted by atomic mass is 35.5. The van der Waals surface area contributed by atoms with Crippen LogP contribution in [0.25, 0.3) is 0 Å². The normalized spacial score (nSPS) is 12.8. The summed E-state index contributed by atoms with van der Waals surface area (Å²) in [4.78, 5) is 11.3. The van der Waals surface area contributed by atoms with Gasteiger partial charge in [-0.25, -0.2) is 4.39 Å². The van der Waals surface area contributed by atoms with Gasteiger partial charge in [-0.15, -0.1) is 0 Å². The highest BCUT2D eigenvalue weighted by Gasteiger charge is 2.21. The van der Waals surface area contributed by atoms with E-state index in [0.29, 0.717) is 5.56 Å². The highest BCUT2D eigenvalue weighted by Crippen LogP contribution is 2.24. The lowest BCUT2D eigenvalue weighted by Crippen LogP contribution is -2.37. The molecule has 0 spiro atoms. The van der Waals surface area contributed by atoms with Crippen LogP contribution in [-0.4, -0.2) is 11.9 Å². The minimum Gasteiger partial charge on any atom is -0.368 e. The number of primary amides is 1. The highest BCUT2D eigenvalue weighted by molar-refractivity contribution is 6.31. The molecule has 1 amide bonds. The molecule has 1 aromatic rings. The predicted molar refractivity (Wildman–Crippen MR) is 61.6 cm³/mol. The molecular weight excluding hydrogens is 231 g/mol. The van der Waals surface area contributed by atoms with Gasteiger partial charge in [0.15, 0.2) is 0 Å². The lowest BCUT2D eigenvalue weighted by Gasteiger charge is -2.19. The molecule has 3 nitrogen and oxygen atoms in total. The van der Waals surface area contributed by atoms with Gasteiger partial charge in [-0.1, -0.05) is 17.7 Å². The summed E-state index contributed by atoms with van der Waals surface area (Å²) in [7, 11) is 0. The Hall–Kier alpha value is -1.13. The Labute approximate surface area is 98.8 Å². The van der Waals surface area contributed by atoms with Crippen molar-refractivity contribution in [1.29, 1.82) is 0 Å². The Bertz CT molecular complexity index is 396. The van der Waals surface area contributed by atoms with Gasteiger partial charge in [-0.2, -0.15) is 0 Å². The average molecular weight is 245 g/mol. The molecule has 0 heterocycles. The first-order chi connectivity index (χ1) is 7.41. The standard InChI is InChI=1S/C11H14ClFN2O/c1-6(2)15-10(11(14)16)8-4-3-7(13)5-9(8)12/h3-6,10,15H,1-2H3,(H2,14,16). The van der Waals surface area contributed by atoms with Crippen LogP contribution in [0.5, 0.6) is 0 Å². The smallest absolute Gasteiger partial charge is 0.239 e. The average Bonchev–Trinajstić information content (AvgIpc) is 2.14. The number of nitrogens with two attached hydrogens (primary N) is 1. The molecule has 1 unspecified atom stereocenters. The molecule has 3 N–H and O–H groups in total. The summed E-state index contributed by atoms with van der Waals surface area (Å²) in [5, 5.41) is 3.17. The van der Waals surface area contributed by atoms with Gasteiger partial charge in [0.25, 0.3) is 0 Å². The van der Waals surface area contributed by atoms with E-state index in [1.807, 2.05) is 13.8 Å². The summed E-state index contributed by atoms with van der Waals surface area (Å²) in [6, 6.07) is 3.24. The van der Waals surface area contributed by atoms with Crippen molar-refractivity contribution in [3.63, 3.8) is 0 Å². The molecule has 1 aromatic carbocycles. The molecule has 1 atom stereocenters. The monoisotopic (exact) mass is 244 g/mol. The molecule has 0 aromatic heterocycles. The van der Waals surface area contributed by atoms with E-state index in [1.165, 1.54) is 12.1 Å². The quantitative estimate of drug-likeness (QED) is 0.851. The molecule has 0 aliphatic rings. The van der Waals surface area contributed by atoms with Crippen molar-refractivity contribution in [1.82, 2.24) is 5.32 Å². The minimum atomic E-state index is -0.701. The predicted octanol–water partition coefficient (Wildman–Crippen LogP) is 2.00. The number of hydrogen-bond donors (Lipinski definition) is 2. The fraction of sp³-hybridized carbons (Fsp3) is 0.364. The van der Waals surface area contributed by atoms with Crippen molar-refractivity contribution in [2.75, 3.05) is 0 Å². The van der Waals surface area contributed by atoms with E-state index in [4.69, 9.17) is 17.3 Å². The molecule has 16 heavy (non-hydrogen) atoms. The molecule has 1 rings (SSSR count). The zero-order valence-corrected chi connectivity index (χ0v) is 9.88. The molecular formula is C11H14ClFN2O. The first kappa shape index (κ1) is 12.9. The Kier molecular flexibility index (Phi) is 4.26. The molecule has 0 aliphatic carbocycles. The molecule has 0 fully saturated rings. The van der Waals surface area contributed by atoms with E-state index in [0.717, 1.165) is 6.07 Å². The van der Waals surface area contributed by atoms with Crippen molar-refractivity contribution in [3.8, 4) is 0 Å². The van der Waals surface area contributed by atoms with Gasteiger partial charge in [0, 0.05) is 11.1 Å². The van der Waals surface area contributed by atoms with Gasteiger partial charge in [-0.05, 0) is 31.5 Å². The molecule has 88 valence electrons. The fourth-order valence-electron chi connectivity index (χ4n) is 1.39. The minimum absolute atomic E-state index is 0.0682. The Morgan fingerprint density at radius 1 is 1.50 bits per heavy atom. The summed E-state index contributed by atoms with van der Waals surface area (Å²) >= 11 is 5.86. The van der Waals surface area contributed by atoms with Crippen LogP contribution in [0.1, 0.15) is 25.5 Å². The third kappa shape index (κ3) is 3.18. The molecule has 0 saturated carbocycles. The molecule has 0 aliphatic heterocycles. The lowest BCUT2D eigenvalue weighted by molar-refractivity contribution is -0.120. The van der Waals surface area contributed by atoms with Crippen LogP contribution in [-0.2, 0) is 4.79 Å². The van der Waals surface area contributed by atoms with Crippen molar-refractivity contribution < 1.29 is 9.18 Å². The Balaban J connectivity index is 3.06. The van der Waals surface area contributed by atoms with E-state index in [-0.39, 0.29) is 11.1 Å². The van der Waals surface area contributed by atoms with Gasteiger partial charge in [0.05, 0.1) is 0 Å². The van der Waals surface area contributed by atoms with Gasteiger partial charge in [-0.3, -0.25) is 10.1 Å². The zero-order chi connectivity index (χ0) is 12.3. The second kappa shape index (κ2) is 5.27. The summed E-state index contributed by atoms with van der Waals surface area (Å²) in [5.74, 6) is -0.983. The summed E-state index contributed by atoms with van der Waals surface area (Å²) in [6.45, 7) is 3.76. The van der Waals surface area contributed by atoms with Crippen LogP contribution in [0.4, 0.5) is 4.39 Å². The summed E-state index contributed by atoms with van der Waals surface area (Å²) < 4.78 is 12.9. The van der Waals surface area contributed by atoms with Crippen LogP contribution >= 0.6 is 11.6 Å². The Morgan fingerprint density at radius 3 is 2.56 bits per heavy atom. The third-order valence-electron chi connectivity index (χ3n) is 2.06. The van der Waals surface area contributed by atoms with Crippen LogP contribution in [0.15, 0.2) is 18.2 Å². The molecule has 5 heteroatoms. The van der Waals surface area contributed by atoms with E-state index in [9.17, 15) is 9.18 Å². The van der Waals surface area contributed by atoms with Gasteiger partial charge in [0.2, 0.25) is 5.91 Å². The lowest BCUT2D eigenvalue weighted by atomic mass is 10.1. The van der Waals surface area contributed by atoms with E-state index >= 15 is 0 Å². The first-order valence-electron chi connectivity index (χ1n) is 4.92. The van der Waals surface area contributed by atoms with E-state index in [1.54, 1.807) is 0 Å². The number of rotatable bonds is 4. The maximum Gasteiger partial charge on any atom is 0.239 e. The number of carbonyl (C=O) groups excluding carboxylic acids is 1. The van der Waals surface area contributed by atoms with E-state index in [2.05, 4.69) is 5.32 Å². The number of carbonyl (C=O) groups is 1. The maximum absolute atomic E-state index is 12.9. The van der Waals surface area contributed by atoms with Gasteiger partial charge < -0.3 is 5.73 Å². The molecule has 0 radical (unpaired) electrons. The zero-order valence-electron chi connectivity index (χ0n) is 9.13. The van der Waals surface area contributed by atoms with Crippen LogP contribution in [0.2, 0.25) is 5.02 Å². The fourth-order valence-corrected chi connectivity index (χ4v) is 1.67. The molecule has 0 saturated heterocycles. The first-order valence-corrected chi connectivity index (χ1v) is 5.30. The van der Waals surface area contributed by atoms with Gasteiger partial charge >= 0.3 is 0 Å². The number of hydrogen-bond acceptors (Lipinski definition) is 2. The molecule has 0 bridgehead atoms. The number of nitrogens with one attached hydrogen (secondary N) is 1. The topological polar surface area (TPSA) is 55.1 Å². The van der Waals surface area contributed by atoms with Crippen molar-refractivity contribution in [2.45, 2.75) is 25.9 Å². The Morgan fingerprint density at radius 2 is 2.12 bits per heavy atom. The number of halogens is 2. The number of amides is 1. The van der Waals surface area contributed by atoms with Crippen LogP contribution in [0.3, 0.4) is 0 Å². The van der Waals surface area contributed by atoms with Crippen molar-refractivity contribution >= 4 is 17.5 Å². The maximum atomic E-state index is 12.9. The van der Waals surface area contributed by atoms with Crippen LogP contribution in [0, 0.1) is 5.82 Å². The van der Waals surface area contributed by atoms with E-state index < -0.39 is 17.8 Å². The second-order valence-corrected chi connectivity index (χ2v) is 4.23. The van der Waals surface area contributed by atoms with Gasteiger partial charge in [0.1, 0.15) is 11.9 Å². The summed E-state index contributed by atoms with van der Waals surface area (Å²) in [5.41, 5.74) is 5.76. The number of benzene rings is 1. The van der Waals surface area contributed by atoms with Crippen molar-refractivity contribution in [2.24, 2.45) is 5.73 Å². The van der Waals surface area contributed by atoms with Crippen molar-refractivity contribution in [3.05, 3.63) is 34.6 Å². The second-order valence-electron chi connectivity index (χ2n) is 3.82. The third-order valence-corrected chi connectivity index (χ3v) is 2.39. The summed E-state index contributed by atoms with van der Waals surface area (Å²) in [6.07, 6.45) is 0. The largest absolute Gasteiger partial charge is 0.368 e. The SMILES string of the molecule is CC(C)NC(C(N)=O)c1ccc(F)cc1Cl. The van der Waals surface area contributed by atoms with Crippen LogP contribution < -0.4 is 11.1 Å².